The fourth-order valence-corrected chi connectivity index (χ4v) is 3.72. The zero-order chi connectivity index (χ0) is 15.2. The molecule has 3 nitrogen and oxygen atoms in total. The molecule has 2 rings (SSSR count). The Morgan fingerprint density at radius 1 is 1.38 bits per heavy atom. The highest BCUT2D eigenvalue weighted by Crippen LogP contribution is 2.33. The number of nitrogens with zero attached hydrogens (tertiary/aromatic N) is 2. The van der Waals surface area contributed by atoms with E-state index in [0.717, 1.165) is 19.6 Å². The first-order valence-corrected chi connectivity index (χ1v) is 8.81. The van der Waals surface area contributed by atoms with E-state index in [1.54, 1.807) is 0 Å². The number of hydrogen-bond acceptors (Lipinski definition) is 3. The standard InChI is InChI=1S/C17H28BrN3/c1-4-9-19-12-14-7-8-17(16(18)11-14)21-10-5-6-15(21)13-20(2)3/h7-8,11,15,19H,4-6,9-10,12-13H2,1-3H3. The van der Waals surface area contributed by atoms with Gasteiger partial charge in [0.15, 0.2) is 0 Å². The molecule has 1 unspecified atom stereocenters. The van der Waals surface area contributed by atoms with Gasteiger partial charge in [-0.15, -0.1) is 0 Å². The summed E-state index contributed by atoms with van der Waals surface area (Å²) in [5.74, 6) is 0. The molecular weight excluding hydrogens is 326 g/mol. The van der Waals surface area contributed by atoms with Crippen molar-refractivity contribution in [2.45, 2.75) is 38.8 Å². The molecule has 118 valence electrons. The Bertz CT molecular complexity index is 448. The van der Waals surface area contributed by atoms with E-state index in [0.29, 0.717) is 6.04 Å². The minimum Gasteiger partial charge on any atom is -0.366 e. The van der Waals surface area contributed by atoms with Gasteiger partial charge in [-0.25, -0.2) is 0 Å². The van der Waals surface area contributed by atoms with Crippen molar-refractivity contribution in [2.24, 2.45) is 0 Å². The fourth-order valence-electron chi connectivity index (χ4n) is 3.07. The molecule has 1 fully saturated rings. The van der Waals surface area contributed by atoms with Crippen LogP contribution in [0, 0.1) is 0 Å². The van der Waals surface area contributed by atoms with E-state index >= 15 is 0 Å². The lowest BCUT2D eigenvalue weighted by Crippen LogP contribution is -2.37. The molecule has 21 heavy (non-hydrogen) atoms. The highest BCUT2D eigenvalue weighted by atomic mass is 79.9. The molecule has 0 bridgehead atoms. The van der Waals surface area contributed by atoms with Crippen molar-refractivity contribution in [3.63, 3.8) is 0 Å². The first-order valence-electron chi connectivity index (χ1n) is 8.02. The summed E-state index contributed by atoms with van der Waals surface area (Å²) in [5, 5.41) is 3.46. The summed E-state index contributed by atoms with van der Waals surface area (Å²) >= 11 is 3.78. The van der Waals surface area contributed by atoms with Crippen molar-refractivity contribution in [3.8, 4) is 0 Å². The second kappa shape index (κ2) is 8.16. The molecular formula is C17H28BrN3. The van der Waals surface area contributed by atoms with Crippen molar-refractivity contribution >= 4 is 21.6 Å². The Morgan fingerprint density at radius 2 is 2.19 bits per heavy atom. The van der Waals surface area contributed by atoms with E-state index < -0.39 is 0 Å². The van der Waals surface area contributed by atoms with Gasteiger partial charge in [-0.2, -0.15) is 0 Å². The fraction of sp³-hybridized carbons (Fsp3) is 0.647. The molecule has 0 spiro atoms. The molecule has 1 N–H and O–H groups in total. The van der Waals surface area contributed by atoms with E-state index in [1.807, 2.05) is 0 Å². The number of halogens is 1. The molecule has 0 aromatic heterocycles. The van der Waals surface area contributed by atoms with Gasteiger partial charge in [-0.05, 0) is 73.5 Å². The Morgan fingerprint density at radius 3 is 2.86 bits per heavy atom. The van der Waals surface area contributed by atoms with Crippen LogP contribution in [-0.2, 0) is 6.54 Å². The van der Waals surface area contributed by atoms with Gasteiger partial charge in [0, 0.05) is 30.1 Å². The number of hydrogen-bond donors (Lipinski definition) is 1. The molecule has 1 atom stereocenters. The number of likely N-dealkylation sites (N-methyl/N-ethyl adjacent to an activating group) is 1. The van der Waals surface area contributed by atoms with E-state index in [4.69, 9.17) is 0 Å². The van der Waals surface area contributed by atoms with E-state index in [-0.39, 0.29) is 0 Å². The number of anilines is 1. The Kier molecular flexibility index (Phi) is 6.52. The summed E-state index contributed by atoms with van der Waals surface area (Å²) in [6.07, 6.45) is 3.77. The van der Waals surface area contributed by atoms with Crippen LogP contribution in [0.15, 0.2) is 22.7 Å². The second-order valence-corrected chi connectivity index (χ2v) is 7.07. The topological polar surface area (TPSA) is 18.5 Å². The Hall–Kier alpha value is -0.580. The Balaban J connectivity index is 2.05. The lowest BCUT2D eigenvalue weighted by Gasteiger charge is -2.30. The van der Waals surface area contributed by atoms with Crippen LogP contribution >= 0.6 is 15.9 Å². The third kappa shape index (κ3) is 4.70. The average molecular weight is 354 g/mol. The molecule has 1 aromatic rings. The minimum absolute atomic E-state index is 0.639. The molecule has 1 aliphatic rings. The smallest absolute Gasteiger partial charge is 0.0513 e. The predicted octanol–water partition coefficient (Wildman–Crippen LogP) is 3.48. The molecule has 1 aliphatic heterocycles. The monoisotopic (exact) mass is 353 g/mol. The average Bonchev–Trinajstić information content (AvgIpc) is 2.86. The second-order valence-electron chi connectivity index (χ2n) is 6.21. The predicted molar refractivity (Wildman–Crippen MR) is 95.1 cm³/mol. The molecule has 1 aromatic carbocycles. The number of rotatable bonds is 7. The van der Waals surface area contributed by atoms with Crippen LogP contribution in [-0.4, -0.2) is 44.7 Å². The summed E-state index contributed by atoms with van der Waals surface area (Å²) in [4.78, 5) is 4.85. The third-order valence-corrected chi connectivity index (χ3v) is 4.67. The van der Waals surface area contributed by atoms with Crippen LogP contribution in [0.2, 0.25) is 0 Å². The summed E-state index contributed by atoms with van der Waals surface area (Å²) < 4.78 is 1.23. The quantitative estimate of drug-likeness (QED) is 0.757. The summed E-state index contributed by atoms with van der Waals surface area (Å²) in [6.45, 7) is 6.53. The van der Waals surface area contributed by atoms with Gasteiger partial charge in [0.25, 0.3) is 0 Å². The molecule has 1 heterocycles. The summed E-state index contributed by atoms with van der Waals surface area (Å²) in [7, 11) is 4.32. The maximum absolute atomic E-state index is 3.78. The number of nitrogens with one attached hydrogen (secondary N) is 1. The van der Waals surface area contributed by atoms with Gasteiger partial charge in [0.1, 0.15) is 0 Å². The molecule has 1 saturated heterocycles. The first-order chi connectivity index (χ1) is 10.1. The molecule has 0 aliphatic carbocycles. The lowest BCUT2D eigenvalue weighted by atomic mass is 10.1. The van der Waals surface area contributed by atoms with Crippen molar-refractivity contribution in [3.05, 3.63) is 28.2 Å². The van der Waals surface area contributed by atoms with Gasteiger partial charge in [-0.1, -0.05) is 13.0 Å². The zero-order valence-electron chi connectivity index (χ0n) is 13.5. The lowest BCUT2D eigenvalue weighted by molar-refractivity contribution is 0.372. The third-order valence-electron chi connectivity index (χ3n) is 4.03. The zero-order valence-corrected chi connectivity index (χ0v) is 15.1. The highest BCUT2D eigenvalue weighted by molar-refractivity contribution is 9.10. The van der Waals surface area contributed by atoms with Gasteiger partial charge >= 0.3 is 0 Å². The molecule has 4 heteroatoms. The van der Waals surface area contributed by atoms with Crippen molar-refractivity contribution in [1.29, 1.82) is 0 Å². The SMILES string of the molecule is CCCNCc1ccc(N2CCCC2CN(C)C)c(Br)c1. The van der Waals surface area contributed by atoms with Crippen LogP contribution in [0.4, 0.5) is 5.69 Å². The van der Waals surface area contributed by atoms with Gasteiger partial charge in [-0.3, -0.25) is 0 Å². The van der Waals surface area contributed by atoms with Crippen molar-refractivity contribution in [2.75, 3.05) is 38.6 Å². The van der Waals surface area contributed by atoms with Gasteiger partial charge < -0.3 is 15.1 Å². The largest absolute Gasteiger partial charge is 0.366 e. The van der Waals surface area contributed by atoms with Gasteiger partial charge in [0.2, 0.25) is 0 Å². The van der Waals surface area contributed by atoms with E-state index in [9.17, 15) is 0 Å². The van der Waals surface area contributed by atoms with Crippen molar-refractivity contribution < 1.29 is 0 Å². The highest BCUT2D eigenvalue weighted by Gasteiger charge is 2.26. The number of benzene rings is 1. The normalized spacial score (nSPS) is 18.7. The maximum atomic E-state index is 3.78. The minimum atomic E-state index is 0.639. The summed E-state index contributed by atoms with van der Waals surface area (Å²) in [6, 6.07) is 7.44. The van der Waals surface area contributed by atoms with E-state index in [1.165, 1.54) is 41.5 Å². The first kappa shape index (κ1) is 16.8. The van der Waals surface area contributed by atoms with Gasteiger partial charge in [0.05, 0.1) is 5.69 Å². The van der Waals surface area contributed by atoms with Crippen LogP contribution in [0.1, 0.15) is 31.7 Å². The van der Waals surface area contributed by atoms with Crippen molar-refractivity contribution in [1.82, 2.24) is 10.2 Å². The van der Waals surface area contributed by atoms with E-state index in [2.05, 4.69) is 70.3 Å². The van der Waals surface area contributed by atoms with Crippen LogP contribution in [0.5, 0.6) is 0 Å². The molecule has 0 saturated carbocycles. The summed E-state index contributed by atoms with van der Waals surface area (Å²) in [5.41, 5.74) is 2.70. The van der Waals surface area contributed by atoms with Crippen LogP contribution in [0.3, 0.4) is 0 Å². The Labute approximate surface area is 137 Å². The van der Waals surface area contributed by atoms with Crippen LogP contribution in [0.25, 0.3) is 0 Å². The molecule has 0 radical (unpaired) electrons. The maximum Gasteiger partial charge on any atom is 0.0513 e. The van der Waals surface area contributed by atoms with Crippen LogP contribution < -0.4 is 10.2 Å². The molecule has 0 amide bonds.